The van der Waals surface area contributed by atoms with Crippen molar-refractivity contribution in [3.8, 4) is 17.3 Å². The predicted molar refractivity (Wildman–Crippen MR) is 90.5 cm³/mol. The molecule has 0 bridgehead atoms. The second-order valence-corrected chi connectivity index (χ2v) is 6.05. The second kappa shape index (κ2) is 6.32. The van der Waals surface area contributed by atoms with Crippen molar-refractivity contribution in [3.05, 3.63) is 48.9 Å². The number of nitriles is 1. The summed E-state index contributed by atoms with van der Waals surface area (Å²) in [6, 6.07) is 6.03. The molecule has 0 radical (unpaired) electrons. The van der Waals surface area contributed by atoms with Crippen LogP contribution in [0.15, 0.2) is 43.1 Å². The zero-order chi connectivity index (χ0) is 17.2. The van der Waals surface area contributed by atoms with Crippen molar-refractivity contribution in [2.45, 2.75) is 12.8 Å². The number of pyridine rings is 1. The molecule has 0 N–H and O–H groups in total. The van der Waals surface area contributed by atoms with Crippen molar-refractivity contribution in [3.63, 3.8) is 0 Å². The van der Waals surface area contributed by atoms with Gasteiger partial charge in [-0.2, -0.15) is 5.26 Å². The first-order chi connectivity index (χ1) is 12.3. The summed E-state index contributed by atoms with van der Waals surface area (Å²) in [7, 11) is 0. The topological polar surface area (TPSA) is 87.2 Å². The molecule has 0 saturated carbocycles. The van der Waals surface area contributed by atoms with Crippen LogP contribution in [0.1, 0.15) is 23.5 Å². The third kappa shape index (κ3) is 2.72. The van der Waals surface area contributed by atoms with E-state index in [1.807, 2.05) is 12.1 Å². The maximum absolute atomic E-state index is 13.0. The van der Waals surface area contributed by atoms with E-state index < -0.39 is 0 Å². The summed E-state index contributed by atoms with van der Waals surface area (Å²) >= 11 is 0. The molecule has 0 spiro atoms. The monoisotopic (exact) mass is 332 g/mol. The molecule has 3 aromatic heterocycles. The van der Waals surface area contributed by atoms with E-state index >= 15 is 0 Å². The van der Waals surface area contributed by atoms with E-state index in [4.69, 9.17) is 5.26 Å². The Labute approximate surface area is 144 Å². The Bertz CT molecular complexity index is 951. The fourth-order valence-corrected chi connectivity index (χ4v) is 3.16. The van der Waals surface area contributed by atoms with Gasteiger partial charge in [0.25, 0.3) is 5.91 Å². The van der Waals surface area contributed by atoms with Crippen LogP contribution in [-0.4, -0.2) is 43.2 Å². The van der Waals surface area contributed by atoms with Gasteiger partial charge in [-0.05, 0) is 25.0 Å². The van der Waals surface area contributed by atoms with Crippen molar-refractivity contribution in [1.29, 1.82) is 5.26 Å². The molecule has 25 heavy (non-hydrogen) atoms. The number of piperidine rings is 1. The average Bonchev–Trinajstić information content (AvgIpc) is 3.08. The van der Waals surface area contributed by atoms with E-state index in [0.29, 0.717) is 37.4 Å². The molecule has 0 aromatic carbocycles. The Balaban J connectivity index is 1.73. The molecule has 7 nitrogen and oxygen atoms in total. The van der Waals surface area contributed by atoms with Crippen LogP contribution in [0.4, 0.5) is 0 Å². The number of imidazole rings is 1. The van der Waals surface area contributed by atoms with Gasteiger partial charge in [0.2, 0.25) is 5.82 Å². The smallest absolute Gasteiger partial charge is 0.290 e. The van der Waals surface area contributed by atoms with Crippen molar-refractivity contribution >= 4 is 11.4 Å². The molecule has 4 heterocycles. The van der Waals surface area contributed by atoms with Gasteiger partial charge in [0.1, 0.15) is 5.69 Å². The second-order valence-electron chi connectivity index (χ2n) is 6.05. The Morgan fingerprint density at radius 3 is 2.72 bits per heavy atom. The highest BCUT2D eigenvalue weighted by molar-refractivity contribution is 5.94. The maximum atomic E-state index is 13.0. The molecule has 1 aliphatic heterocycles. The lowest BCUT2D eigenvalue weighted by Crippen LogP contribution is -2.39. The fraction of sp³-hybridized carbons (Fsp3) is 0.278. The molecule has 1 amide bonds. The number of amides is 1. The first-order valence-corrected chi connectivity index (χ1v) is 8.19. The number of carbonyl (C=O) groups is 1. The summed E-state index contributed by atoms with van der Waals surface area (Å²) < 4.78 is 1.77. The van der Waals surface area contributed by atoms with Gasteiger partial charge < -0.3 is 4.90 Å². The minimum atomic E-state index is -0.118. The summed E-state index contributed by atoms with van der Waals surface area (Å²) in [6.07, 6.45) is 9.93. The Hall–Kier alpha value is -3.27. The van der Waals surface area contributed by atoms with Crippen LogP contribution in [0.3, 0.4) is 0 Å². The highest BCUT2D eigenvalue weighted by Crippen LogP contribution is 2.25. The summed E-state index contributed by atoms with van der Waals surface area (Å²) in [4.78, 5) is 27.6. The molecule has 124 valence electrons. The average molecular weight is 332 g/mol. The lowest BCUT2D eigenvalue weighted by molar-refractivity contribution is 0.0694. The third-order valence-electron chi connectivity index (χ3n) is 4.54. The third-order valence-corrected chi connectivity index (χ3v) is 4.54. The van der Waals surface area contributed by atoms with Crippen LogP contribution in [0.2, 0.25) is 0 Å². The van der Waals surface area contributed by atoms with E-state index in [-0.39, 0.29) is 11.8 Å². The Kier molecular flexibility index (Phi) is 3.86. The SMILES string of the molecule is N#CC1CCN(C(=O)c2nc(-c3cccnc3)c3cnccn23)CC1. The van der Waals surface area contributed by atoms with Crippen molar-refractivity contribution in [2.75, 3.05) is 13.1 Å². The minimum Gasteiger partial charge on any atom is -0.336 e. The van der Waals surface area contributed by atoms with E-state index in [1.165, 1.54) is 0 Å². The molecular weight excluding hydrogens is 316 g/mol. The number of rotatable bonds is 2. The van der Waals surface area contributed by atoms with Gasteiger partial charge in [-0.15, -0.1) is 0 Å². The van der Waals surface area contributed by atoms with Crippen LogP contribution in [0, 0.1) is 17.2 Å². The van der Waals surface area contributed by atoms with Gasteiger partial charge in [-0.1, -0.05) is 0 Å². The molecule has 0 aliphatic carbocycles. The summed E-state index contributed by atoms with van der Waals surface area (Å²) in [5.41, 5.74) is 2.30. The largest absolute Gasteiger partial charge is 0.336 e. The van der Waals surface area contributed by atoms with E-state index in [2.05, 4.69) is 21.0 Å². The van der Waals surface area contributed by atoms with Gasteiger partial charge in [0.15, 0.2) is 0 Å². The number of nitrogens with zero attached hydrogens (tertiary/aromatic N) is 6. The van der Waals surface area contributed by atoms with Crippen molar-refractivity contribution < 1.29 is 4.79 Å². The van der Waals surface area contributed by atoms with Gasteiger partial charge in [-0.25, -0.2) is 4.98 Å². The summed E-state index contributed by atoms with van der Waals surface area (Å²) in [6.45, 7) is 1.17. The summed E-state index contributed by atoms with van der Waals surface area (Å²) in [5.74, 6) is 0.288. The van der Waals surface area contributed by atoms with Crippen LogP contribution in [0.25, 0.3) is 16.8 Å². The Morgan fingerprint density at radius 1 is 1.20 bits per heavy atom. The highest BCUT2D eigenvalue weighted by Gasteiger charge is 2.27. The molecule has 3 aromatic rings. The molecule has 1 saturated heterocycles. The lowest BCUT2D eigenvalue weighted by Gasteiger charge is -2.28. The zero-order valence-electron chi connectivity index (χ0n) is 13.5. The highest BCUT2D eigenvalue weighted by atomic mass is 16.2. The van der Waals surface area contributed by atoms with Crippen LogP contribution in [0.5, 0.6) is 0 Å². The molecule has 1 fully saturated rings. The number of aromatic nitrogens is 4. The van der Waals surface area contributed by atoms with Crippen LogP contribution < -0.4 is 0 Å². The fourth-order valence-electron chi connectivity index (χ4n) is 3.16. The molecule has 4 rings (SSSR count). The van der Waals surface area contributed by atoms with Crippen LogP contribution >= 0.6 is 0 Å². The standard InChI is InChI=1S/C18H16N6O/c19-10-13-3-7-23(8-4-13)18(25)17-22-16(14-2-1-5-20-11-14)15-12-21-6-9-24(15)17/h1-2,5-6,9,11-13H,3-4,7-8H2. The molecule has 0 atom stereocenters. The number of hydrogen-bond donors (Lipinski definition) is 0. The van der Waals surface area contributed by atoms with Crippen LogP contribution in [-0.2, 0) is 0 Å². The quantitative estimate of drug-likeness (QED) is 0.718. The molecule has 7 heteroatoms. The number of likely N-dealkylation sites (tertiary alicyclic amines) is 1. The van der Waals surface area contributed by atoms with E-state index in [0.717, 1.165) is 11.1 Å². The molecule has 0 unspecified atom stereocenters. The number of hydrogen-bond acceptors (Lipinski definition) is 5. The zero-order valence-corrected chi connectivity index (χ0v) is 13.5. The Morgan fingerprint density at radius 2 is 2.00 bits per heavy atom. The lowest BCUT2D eigenvalue weighted by atomic mass is 9.98. The summed E-state index contributed by atoms with van der Waals surface area (Å²) in [5, 5.41) is 9.02. The van der Waals surface area contributed by atoms with Gasteiger partial charge in [-0.3, -0.25) is 19.2 Å². The van der Waals surface area contributed by atoms with E-state index in [1.54, 1.807) is 40.3 Å². The van der Waals surface area contributed by atoms with Crippen molar-refractivity contribution in [2.24, 2.45) is 5.92 Å². The van der Waals surface area contributed by atoms with E-state index in [9.17, 15) is 4.79 Å². The number of carbonyl (C=O) groups excluding carboxylic acids is 1. The molecular formula is C18H16N6O. The van der Waals surface area contributed by atoms with Crippen molar-refractivity contribution in [1.82, 2.24) is 24.3 Å². The maximum Gasteiger partial charge on any atom is 0.290 e. The van der Waals surface area contributed by atoms with Gasteiger partial charge in [0, 0.05) is 49.4 Å². The first-order valence-electron chi connectivity index (χ1n) is 8.19. The normalized spacial score (nSPS) is 15.2. The van der Waals surface area contributed by atoms with Gasteiger partial charge >= 0.3 is 0 Å². The molecule has 1 aliphatic rings. The first kappa shape index (κ1) is 15.3. The minimum absolute atomic E-state index is 0.0382. The predicted octanol–water partition coefficient (Wildman–Crippen LogP) is 2.17. The van der Waals surface area contributed by atoms with Gasteiger partial charge in [0.05, 0.1) is 17.8 Å². The number of fused-ring (bicyclic) bond motifs is 1.